The smallest absolute Gasteiger partial charge is 0.280 e. The van der Waals surface area contributed by atoms with Crippen LogP contribution in [0.5, 0.6) is 5.75 Å². The van der Waals surface area contributed by atoms with Crippen LogP contribution in [0.15, 0.2) is 24.3 Å². The molecule has 174 valence electrons. The highest BCUT2D eigenvalue weighted by Gasteiger charge is 2.16. The summed E-state index contributed by atoms with van der Waals surface area (Å²) in [5.74, 6) is -0.235. The van der Waals surface area contributed by atoms with Crippen LogP contribution in [-0.4, -0.2) is 48.2 Å². The number of ether oxygens (including phenoxy) is 2. The number of anilines is 2. The van der Waals surface area contributed by atoms with Gasteiger partial charge in [0.05, 0.1) is 6.61 Å². The summed E-state index contributed by atoms with van der Waals surface area (Å²) < 4.78 is 11.0. The van der Waals surface area contributed by atoms with E-state index in [1.807, 2.05) is 24.3 Å². The standard InChI is InChI=1S/C21H30ClN7O3/c1-2-11-31-12-13-32-15-8-6-14(7-9-15)5-3-4-10-26-21(25)29-20(30)16-18(23)28-19(24)17(22)27-16/h6-9H,2-5,10-13H2,1H3,(H4,23,24,28)(H3,25,26,29,30). The van der Waals surface area contributed by atoms with E-state index >= 15 is 0 Å². The van der Waals surface area contributed by atoms with Crippen molar-refractivity contribution in [3.63, 3.8) is 0 Å². The number of hydrogen-bond donors (Lipinski definition) is 5. The molecule has 1 aromatic heterocycles. The second kappa shape index (κ2) is 13.3. The van der Waals surface area contributed by atoms with Crippen LogP contribution in [0.4, 0.5) is 11.6 Å². The molecule has 2 aromatic rings. The fourth-order valence-electron chi connectivity index (χ4n) is 2.71. The molecule has 7 N–H and O–H groups in total. The molecular weight excluding hydrogens is 434 g/mol. The lowest BCUT2D eigenvalue weighted by Gasteiger charge is -2.10. The molecule has 0 unspecified atom stereocenters. The van der Waals surface area contributed by atoms with E-state index in [4.69, 9.17) is 38.0 Å². The van der Waals surface area contributed by atoms with Crippen molar-refractivity contribution < 1.29 is 14.3 Å². The van der Waals surface area contributed by atoms with Gasteiger partial charge < -0.3 is 26.3 Å². The Balaban J connectivity index is 1.62. The van der Waals surface area contributed by atoms with E-state index < -0.39 is 5.91 Å². The summed E-state index contributed by atoms with van der Waals surface area (Å²) in [6.07, 6.45) is 3.65. The molecule has 0 bridgehead atoms. The Labute approximate surface area is 192 Å². The Morgan fingerprint density at radius 3 is 2.56 bits per heavy atom. The molecule has 0 aliphatic rings. The lowest BCUT2D eigenvalue weighted by Crippen LogP contribution is -2.41. The second-order valence-electron chi connectivity index (χ2n) is 6.95. The maximum Gasteiger partial charge on any atom is 0.280 e. The number of benzene rings is 1. The summed E-state index contributed by atoms with van der Waals surface area (Å²) in [6.45, 7) is 4.49. The van der Waals surface area contributed by atoms with Crippen molar-refractivity contribution in [1.82, 2.24) is 20.6 Å². The molecule has 0 saturated heterocycles. The van der Waals surface area contributed by atoms with Gasteiger partial charge in [-0.1, -0.05) is 30.7 Å². The quantitative estimate of drug-likeness (QED) is 0.182. The average molecular weight is 464 g/mol. The number of halogens is 1. The predicted octanol–water partition coefficient (Wildman–Crippen LogP) is 2.38. The third-order valence-electron chi connectivity index (χ3n) is 4.32. The van der Waals surface area contributed by atoms with Crippen molar-refractivity contribution in [2.45, 2.75) is 32.6 Å². The van der Waals surface area contributed by atoms with Crippen molar-refractivity contribution in [2.24, 2.45) is 0 Å². The van der Waals surface area contributed by atoms with Crippen LogP contribution in [-0.2, 0) is 11.2 Å². The van der Waals surface area contributed by atoms with Gasteiger partial charge in [-0.2, -0.15) is 0 Å². The molecule has 11 heteroatoms. The van der Waals surface area contributed by atoms with Crippen molar-refractivity contribution >= 4 is 35.1 Å². The topological polar surface area (TPSA) is 161 Å². The van der Waals surface area contributed by atoms with E-state index in [-0.39, 0.29) is 28.4 Å². The van der Waals surface area contributed by atoms with Gasteiger partial charge in [0.25, 0.3) is 5.91 Å². The third kappa shape index (κ3) is 8.56. The highest BCUT2D eigenvalue weighted by molar-refractivity contribution is 6.31. The highest BCUT2D eigenvalue weighted by atomic mass is 35.5. The Bertz CT molecular complexity index is 894. The molecule has 1 aromatic carbocycles. The van der Waals surface area contributed by atoms with Crippen LogP contribution >= 0.6 is 11.6 Å². The normalized spacial score (nSPS) is 10.6. The molecule has 1 heterocycles. The van der Waals surface area contributed by atoms with E-state index in [0.717, 1.165) is 38.0 Å². The van der Waals surface area contributed by atoms with Gasteiger partial charge in [0.1, 0.15) is 12.4 Å². The molecule has 0 atom stereocenters. The summed E-state index contributed by atoms with van der Waals surface area (Å²) in [4.78, 5) is 19.7. The number of amides is 1. The SMILES string of the molecule is CCCOCCOc1ccc(CCCCNC(=N)NC(=O)c2nc(Cl)c(N)nc2N)cc1. The maximum absolute atomic E-state index is 12.2. The number of unbranched alkanes of at least 4 members (excludes halogenated alkanes) is 1. The molecule has 0 aliphatic carbocycles. The fraction of sp³-hybridized carbons (Fsp3) is 0.429. The first kappa shape index (κ1) is 25.2. The number of aromatic nitrogens is 2. The number of guanidine groups is 1. The van der Waals surface area contributed by atoms with Crippen LogP contribution in [0.2, 0.25) is 5.15 Å². The zero-order chi connectivity index (χ0) is 23.3. The van der Waals surface area contributed by atoms with Gasteiger partial charge >= 0.3 is 0 Å². The van der Waals surface area contributed by atoms with Gasteiger partial charge in [0, 0.05) is 13.2 Å². The van der Waals surface area contributed by atoms with Crippen LogP contribution in [0, 0.1) is 5.41 Å². The Kier molecular flexibility index (Phi) is 10.5. The maximum atomic E-state index is 12.2. The van der Waals surface area contributed by atoms with E-state index in [1.165, 1.54) is 5.56 Å². The zero-order valence-corrected chi connectivity index (χ0v) is 18.9. The number of hydrogen-bond acceptors (Lipinski definition) is 8. The second-order valence-corrected chi connectivity index (χ2v) is 7.31. The minimum atomic E-state index is -0.686. The Morgan fingerprint density at radius 2 is 1.84 bits per heavy atom. The monoisotopic (exact) mass is 463 g/mol. The van der Waals surface area contributed by atoms with Crippen molar-refractivity contribution in [2.75, 3.05) is 37.8 Å². The molecule has 10 nitrogen and oxygen atoms in total. The summed E-state index contributed by atoms with van der Waals surface area (Å²) in [5, 5.41) is 12.9. The molecule has 32 heavy (non-hydrogen) atoms. The van der Waals surface area contributed by atoms with Gasteiger partial charge in [0.15, 0.2) is 28.4 Å². The van der Waals surface area contributed by atoms with Crippen molar-refractivity contribution in [1.29, 1.82) is 5.41 Å². The highest BCUT2D eigenvalue weighted by Crippen LogP contribution is 2.17. The average Bonchev–Trinajstić information content (AvgIpc) is 2.76. The minimum Gasteiger partial charge on any atom is -0.491 e. The number of aryl methyl sites for hydroxylation is 1. The van der Waals surface area contributed by atoms with Gasteiger partial charge in [-0.05, 0) is 43.4 Å². The van der Waals surface area contributed by atoms with Crippen molar-refractivity contribution in [3.05, 3.63) is 40.7 Å². The summed E-state index contributed by atoms with van der Waals surface area (Å²) in [5.41, 5.74) is 12.1. The summed E-state index contributed by atoms with van der Waals surface area (Å²) in [6, 6.07) is 8.00. The predicted molar refractivity (Wildman–Crippen MR) is 125 cm³/mol. The van der Waals surface area contributed by atoms with E-state index in [1.54, 1.807) is 0 Å². The largest absolute Gasteiger partial charge is 0.491 e. The van der Waals surface area contributed by atoms with E-state index in [2.05, 4.69) is 27.5 Å². The lowest BCUT2D eigenvalue weighted by molar-refractivity contribution is 0.0971. The number of carbonyl (C=O) groups is 1. The lowest BCUT2D eigenvalue weighted by atomic mass is 10.1. The molecule has 0 spiro atoms. The first-order valence-corrected chi connectivity index (χ1v) is 10.8. The van der Waals surface area contributed by atoms with Crippen LogP contribution < -0.4 is 26.8 Å². The first-order valence-electron chi connectivity index (χ1n) is 10.4. The van der Waals surface area contributed by atoms with Gasteiger partial charge in [0.2, 0.25) is 0 Å². The molecule has 2 rings (SSSR count). The van der Waals surface area contributed by atoms with Crippen LogP contribution in [0.1, 0.15) is 42.2 Å². The van der Waals surface area contributed by atoms with Crippen LogP contribution in [0.3, 0.4) is 0 Å². The Hall–Kier alpha value is -3.11. The summed E-state index contributed by atoms with van der Waals surface area (Å²) in [7, 11) is 0. The number of nitrogen functional groups attached to an aromatic ring is 2. The van der Waals surface area contributed by atoms with Crippen molar-refractivity contribution in [3.8, 4) is 5.75 Å². The third-order valence-corrected chi connectivity index (χ3v) is 4.60. The van der Waals surface area contributed by atoms with Crippen LogP contribution in [0.25, 0.3) is 0 Å². The van der Waals surface area contributed by atoms with Gasteiger partial charge in [-0.25, -0.2) is 9.97 Å². The van der Waals surface area contributed by atoms with E-state index in [0.29, 0.717) is 19.8 Å². The zero-order valence-electron chi connectivity index (χ0n) is 18.1. The summed E-state index contributed by atoms with van der Waals surface area (Å²) >= 11 is 5.77. The number of nitrogens with two attached hydrogens (primary N) is 2. The molecule has 1 amide bonds. The Morgan fingerprint density at radius 1 is 1.09 bits per heavy atom. The minimum absolute atomic E-state index is 0.0620. The first-order chi connectivity index (χ1) is 15.4. The molecule has 0 saturated carbocycles. The number of carbonyl (C=O) groups excluding carboxylic acids is 1. The molecule has 0 fully saturated rings. The van der Waals surface area contributed by atoms with Gasteiger partial charge in [-0.3, -0.25) is 15.5 Å². The number of rotatable bonds is 12. The molecular formula is C21H30ClN7O3. The number of nitrogens with one attached hydrogen (secondary N) is 3. The number of nitrogens with zero attached hydrogens (tertiary/aromatic N) is 2. The molecule has 0 radical (unpaired) electrons. The fourth-order valence-corrected chi connectivity index (χ4v) is 2.84. The van der Waals surface area contributed by atoms with E-state index in [9.17, 15) is 4.79 Å². The van der Waals surface area contributed by atoms with Gasteiger partial charge in [-0.15, -0.1) is 0 Å². The molecule has 0 aliphatic heterocycles.